The van der Waals surface area contributed by atoms with Crippen LogP contribution < -0.4 is 5.73 Å². The highest BCUT2D eigenvalue weighted by Crippen LogP contribution is 2.14. The first kappa shape index (κ1) is 16.0. The van der Waals surface area contributed by atoms with Crippen LogP contribution in [0.4, 0.5) is 10.1 Å². The van der Waals surface area contributed by atoms with Crippen LogP contribution >= 0.6 is 0 Å². The van der Waals surface area contributed by atoms with Gasteiger partial charge in [-0.05, 0) is 35.9 Å². The largest absolute Gasteiger partial charge is 0.399 e. The number of benzene rings is 2. The van der Waals surface area contributed by atoms with Crippen LogP contribution in [0.1, 0.15) is 15.9 Å². The number of anilines is 1. The molecule has 1 saturated heterocycles. The van der Waals surface area contributed by atoms with E-state index in [1.54, 1.807) is 41.3 Å². The second kappa shape index (κ2) is 6.70. The summed E-state index contributed by atoms with van der Waals surface area (Å²) in [6.45, 7) is 1.22. The van der Waals surface area contributed by atoms with Gasteiger partial charge < -0.3 is 15.5 Å². The van der Waals surface area contributed by atoms with Gasteiger partial charge in [-0.2, -0.15) is 0 Å². The number of nitrogen functional groups attached to an aromatic ring is 1. The molecule has 1 heterocycles. The van der Waals surface area contributed by atoms with Crippen LogP contribution in [0.5, 0.6) is 0 Å². The van der Waals surface area contributed by atoms with Crippen LogP contribution in [0.25, 0.3) is 0 Å². The summed E-state index contributed by atoms with van der Waals surface area (Å²) in [5.41, 5.74) is 7.42. The first-order chi connectivity index (χ1) is 11.5. The maximum absolute atomic E-state index is 13.2. The number of nitrogens with two attached hydrogens (primary N) is 1. The molecule has 0 saturated carbocycles. The minimum Gasteiger partial charge on any atom is -0.399 e. The van der Waals surface area contributed by atoms with E-state index in [-0.39, 0.29) is 24.2 Å². The van der Waals surface area contributed by atoms with E-state index in [4.69, 9.17) is 5.73 Å². The van der Waals surface area contributed by atoms with Crippen molar-refractivity contribution < 1.29 is 14.0 Å². The van der Waals surface area contributed by atoms with E-state index in [0.29, 0.717) is 30.9 Å². The molecule has 1 aliphatic heterocycles. The van der Waals surface area contributed by atoms with Crippen molar-refractivity contribution in [1.29, 1.82) is 0 Å². The van der Waals surface area contributed by atoms with Crippen LogP contribution in [0.2, 0.25) is 0 Å². The monoisotopic (exact) mass is 327 g/mol. The van der Waals surface area contributed by atoms with E-state index < -0.39 is 0 Å². The minimum absolute atomic E-state index is 0.0168. The molecule has 0 atom stereocenters. The Kier molecular flexibility index (Phi) is 4.46. The summed E-state index contributed by atoms with van der Waals surface area (Å²) in [7, 11) is 0. The van der Waals surface area contributed by atoms with Crippen molar-refractivity contribution in [2.45, 2.75) is 6.54 Å². The molecule has 24 heavy (non-hydrogen) atoms. The van der Waals surface area contributed by atoms with E-state index in [1.165, 1.54) is 17.0 Å². The summed E-state index contributed by atoms with van der Waals surface area (Å²) in [6.07, 6.45) is 0. The first-order valence-electron chi connectivity index (χ1n) is 7.70. The van der Waals surface area contributed by atoms with Crippen molar-refractivity contribution in [2.24, 2.45) is 0 Å². The van der Waals surface area contributed by atoms with Crippen molar-refractivity contribution in [2.75, 3.05) is 25.4 Å². The molecule has 2 amide bonds. The van der Waals surface area contributed by atoms with Crippen LogP contribution in [-0.2, 0) is 11.3 Å². The standard InChI is InChI=1S/C18H18FN3O2/c19-15-5-1-3-13(9-15)11-21-7-8-22(12-17(21)23)18(24)14-4-2-6-16(20)10-14/h1-6,9-10H,7-8,11-12,20H2. The highest BCUT2D eigenvalue weighted by Gasteiger charge is 2.27. The molecule has 2 aromatic rings. The SMILES string of the molecule is Nc1cccc(C(=O)N2CCN(Cc3cccc(F)c3)C(=O)C2)c1. The van der Waals surface area contributed by atoms with Crippen molar-refractivity contribution in [3.8, 4) is 0 Å². The Morgan fingerprint density at radius 2 is 1.92 bits per heavy atom. The van der Waals surface area contributed by atoms with Crippen molar-refractivity contribution in [1.82, 2.24) is 9.80 Å². The van der Waals surface area contributed by atoms with Crippen LogP contribution in [0, 0.1) is 5.82 Å². The molecule has 2 aromatic carbocycles. The molecule has 3 rings (SSSR count). The Hall–Kier alpha value is -2.89. The smallest absolute Gasteiger partial charge is 0.254 e. The van der Waals surface area contributed by atoms with E-state index in [9.17, 15) is 14.0 Å². The Balaban J connectivity index is 1.65. The van der Waals surface area contributed by atoms with Gasteiger partial charge in [-0.25, -0.2) is 4.39 Å². The number of carbonyl (C=O) groups excluding carboxylic acids is 2. The number of amides is 2. The highest BCUT2D eigenvalue weighted by molar-refractivity contribution is 5.97. The summed E-state index contributed by atoms with van der Waals surface area (Å²) >= 11 is 0. The van der Waals surface area contributed by atoms with Gasteiger partial charge in [0.1, 0.15) is 12.4 Å². The van der Waals surface area contributed by atoms with Gasteiger partial charge in [0.25, 0.3) is 5.91 Å². The molecule has 0 spiro atoms. The molecule has 6 heteroatoms. The summed E-state index contributed by atoms with van der Waals surface area (Å²) < 4.78 is 13.2. The average Bonchev–Trinajstić information content (AvgIpc) is 2.56. The van der Waals surface area contributed by atoms with E-state index in [1.807, 2.05) is 0 Å². The molecule has 0 radical (unpaired) electrons. The third-order valence-corrected chi connectivity index (χ3v) is 4.00. The zero-order chi connectivity index (χ0) is 17.1. The van der Waals surface area contributed by atoms with Crippen LogP contribution in [0.15, 0.2) is 48.5 Å². The lowest BCUT2D eigenvalue weighted by atomic mass is 10.1. The molecule has 0 aromatic heterocycles. The number of piperazine rings is 1. The van der Waals surface area contributed by atoms with Gasteiger partial charge in [0, 0.05) is 30.9 Å². The molecule has 1 fully saturated rings. The molecule has 2 N–H and O–H groups in total. The lowest BCUT2D eigenvalue weighted by molar-refractivity contribution is -0.135. The van der Waals surface area contributed by atoms with Gasteiger partial charge in [-0.3, -0.25) is 9.59 Å². The van der Waals surface area contributed by atoms with Crippen LogP contribution in [0.3, 0.4) is 0 Å². The zero-order valence-corrected chi connectivity index (χ0v) is 13.1. The number of halogens is 1. The van der Waals surface area contributed by atoms with Gasteiger partial charge in [0.15, 0.2) is 0 Å². The Labute approximate surface area is 139 Å². The summed E-state index contributed by atoms with van der Waals surface area (Å²) in [4.78, 5) is 27.9. The van der Waals surface area contributed by atoms with E-state index in [2.05, 4.69) is 0 Å². The molecule has 0 unspecified atom stereocenters. The topological polar surface area (TPSA) is 66.6 Å². The van der Waals surface area contributed by atoms with Crippen molar-refractivity contribution >= 4 is 17.5 Å². The lowest BCUT2D eigenvalue weighted by Gasteiger charge is -2.34. The molecular formula is C18H18FN3O2. The average molecular weight is 327 g/mol. The Morgan fingerprint density at radius 3 is 2.62 bits per heavy atom. The van der Waals surface area contributed by atoms with E-state index >= 15 is 0 Å². The van der Waals surface area contributed by atoms with Gasteiger partial charge in [0.2, 0.25) is 5.91 Å². The number of rotatable bonds is 3. The molecule has 0 bridgehead atoms. The predicted octanol–water partition coefficient (Wildman–Crippen LogP) is 1.89. The predicted molar refractivity (Wildman–Crippen MR) is 88.6 cm³/mol. The summed E-state index contributed by atoms with van der Waals surface area (Å²) in [6, 6.07) is 12.9. The fourth-order valence-corrected chi connectivity index (χ4v) is 2.76. The maximum Gasteiger partial charge on any atom is 0.254 e. The number of hydrogen-bond donors (Lipinski definition) is 1. The molecule has 0 aliphatic carbocycles. The molecule has 1 aliphatic rings. The van der Waals surface area contributed by atoms with Crippen molar-refractivity contribution in [3.05, 3.63) is 65.5 Å². The number of nitrogens with zero attached hydrogens (tertiary/aromatic N) is 2. The fraction of sp³-hybridized carbons (Fsp3) is 0.222. The first-order valence-corrected chi connectivity index (χ1v) is 7.70. The van der Waals surface area contributed by atoms with Gasteiger partial charge >= 0.3 is 0 Å². The fourth-order valence-electron chi connectivity index (χ4n) is 2.76. The molecular weight excluding hydrogens is 309 g/mol. The summed E-state index contributed by atoms with van der Waals surface area (Å²) in [5, 5.41) is 0. The third-order valence-electron chi connectivity index (χ3n) is 4.00. The maximum atomic E-state index is 13.2. The quantitative estimate of drug-likeness (QED) is 0.876. The lowest BCUT2D eigenvalue weighted by Crippen LogP contribution is -2.51. The van der Waals surface area contributed by atoms with E-state index in [0.717, 1.165) is 5.56 Å². The minimum atomic E-state index is -0.324. The van der Waals surface area contributed by atoms with Gasteiger partial charge in [0.05, 0.1) is 0 Å². The second-order valence-corrected chi connectivity index (χ2v) is 5.80. The normalized spacial score (nSPS) is 14.8. The number of hydrogen-bond acceptors (Lipinski definition) is 3. The molecule has 5 nitrogen and oxygen atoms in total. The summed E-state index contributed by atoms with van der Waals surface area (Å²) in [5.74, 6) is -0.681. The Bertz CT molecular complexity index is 778. The van der Waals surface area contributed by atoms with Crippen LogP contribution in [-0.4, -0.2) is 41.2 Å². The molecule has 124 valence electrons. The third kappa shape index (κ3) is 3.53. The number of carbonyl (C=O) groups is 2. The Morgan fingerprint density at radius 1 is 1.12 bits per heavy atom. The second-order valence-electron chi connectivity index (χ2n) is 5.80. The van der Waals surface area contributed by atoms with Gasteiger partial charge in [-0.15, -0.1) is 0 Å². The highest BCUT2D eigenvalue weighted by atomic mass is 19.1. The van der Waals surface area contributed by atoms with Gasteiger partial charge in [-0.1, -0.05) is 18.2 Å². The van der Waals surface area contributed by atoms with Crippen molar-refractivity contribution in [3.63, 3.8) is 0 Å². The zero-order valence-electron chi connectivity index (χ0n) is 13.1.